The number of anilines is 3. The number of pyridine rings is 2. The smallest absolute Gasteiger partial charge is 0.211 e. The van der Waals surface area contributed by atoms with Crippen molar-refractivity contribution < 1.29 is 4.79 Å². The van der Waals surface area contributed by atoms with Crippen molar-refractivity contribution in [2.24, 2.45) is 0 Å². The lowest BCUT2D eigenvalue weighted by Crippen LogP contribution is -2.02. The number of carbonyl (C=O) groups is 1. The predicted molar refractivity (Wildman–Crippen MR) is 96.9 cm³/mol. The van der Waals surface area contributed by atoms with Gasteiger partial charge in [0.25, 0.3) is 0 Å². The van der Waals surface area contributed by atoms with Gasteiger partial charge < -0.3 is 15.6 Å². The highest BCUT2D eigenvalue weighted by Gasteiger charge is 2.14. The topological polar surface area (TPSA) is 121 Å². The normalized spacial score (nSPS) is 10.7. The first-order valence-corrected chi connectivity index (χ1v) is 7.79. The van der Waals surface area contributed by atoms with Gasteiger partial charge in [-0.15, -0.1) is 0 Å². The van der Waals surface area contributed by atoms with E-state index in [9.17, 15) is 4.79 Å². The maximum Gasteiger partial charge on any atom is 0.211 e. The number of fused-ring (bicyclic) bond motifs is 1. The Hall–Kier alpha value is -3.88. The third kappa shape index (κ3) is 2.81. The van der Waals surface area contributed by atoms with Crippen molar-refractivity contribution in [3.05, 3.63) is 48.9 Å². The molecule has 0 spiro atoms. The lowest BCUT2D eigenvalue weighted by Gasteiger charge is -2.13. The van der Waals surface area contributed by atoms with E-state index in [0.717, 1.165) is 22.5 Å². The summed E-state index contributed by atoms with van der Waals surface area (Å²) in [6.07, 6.45) is 6.93. The number of nitrogens with one attached hydrogen (secondary N) is 3. The van der Waals surface area contributed by atoms with E-state index in [-0.39, 0.29) is 0 Å². The van der Waals surface area contributed by atoms with Gasteiger partial charge in [0, 0.05) is 11.8 Å². The van der Waals surface area contributed by atoms with Gasteiger partial charge in [-0.1, -0.05) is 0 Å². The van der Waals surface area contributed by atoms with Crippen LogP contribution in [0.15, 0.2) is 43.2 Å². The highest BCUT2D eigenvalue weighted by Crippen LogP contribution is 2.31. The Morgan fingerprint density at radius 3 is 2.96 bits per heavy atom. The van der Waals surface area contributed by atoms with Crippen LogP contribution < -0.4 is 10.6 Å². The van der Waals surface area contributed by atoms with Gasteiger partial charge in [-0.25, -0.2) is 19.9 Å². The molecule has 0 fully saturated rings. The first-order valence-electron chi connectivity index (χ1n) is 7.79. The molecule has 9 heteroatoms. The fourth-order valence-electron chi connectivity index (χ4n) is 2.60. The molecule has 4 aromatic heterocycles. The molecule has 0 aliphatic carbocycles. The van der Waals surface area contributed by atoms with Crippen LogP contribution in [0.3, 0.4) is 0 Å². The number of aromatic amines is 1. The van der Waals surface area contributed by atoms with E-state index in [1.807, 2.05) is 19.1 Å². The van der Waals surface area contributed by atoms with Crippen LogP contribution in [0.1, 0.15) is 5.69 Å². The number of aryl methyl sites for hydroxylation is 1. The third-order valence-electron chi connectivity index (χ3n) is 3.85. The number of carbonyl (C=O) groups excluding carboxylic acids is 1. The molecule has 4 aromatic rings. The number of rotatable bonds is 5. The Bertz CT molecular complexity index is 1090. The van der Waals surface area contributed by atoms with Gasteiger partial charge in [0.2, 0.25) is 6.41 Å². The van der Waals surface area contributed by atoms with Gasteiger partial charge in [0.15, 0.2) is 5.65 Å². The Kier molecular flexibility index (Phi) is 3.94. The number of imidazole rings is 1. The van der Waals surface area contributed by atoms with Gasteiger partial charge in [-0.05, 0) is 25.1 Å². The monoisotopic (exact) mass is 346 g/mol. The molecular weight excluding hydrogens is 332 g/mol. The average Bonchev–Trinajstić information content (AvgIpc) is 3.14. The molecule has 3 N–H and O–H groups in total. The summed E-state index contributed by atoms with van der Waals surface area (Å²) < 4.78 is 0. The molecule has 0 saturated carbocycles. The van der Waals surface area contributed by atoms with Crippen LogP contribution in [0, 0.1) is 6.92 Å². The SMILES string of the molecule is Cc1ncc(NC=O)cc1Nc1ncccc1-c1ncnc2nc[nH]c12. The molecular formula is C17H14N8O. The van der Waals surface area contributed by atoms with Gasteiger partial charge >= 0.3 is 0 Å². The van der Waals surface area contributed by atoms with E-state index in [2.05, 4.69) is 40.5 Å². The van der Waals surface area contributed by atoms with Crippen LogP contribution in [0.5, 0.6) is 0 Å². The molecule has 0 radical (unpaired) electrons. The molecule has 0 saturated heterocycles. The van der Waals surface area contributed by atoms with Crippen molar-refractivity contribution in [3.8, 4) is 11.3 Å². The average molecular weight is 346 g/mol. The number of amides is 1. The second kappa shape index (κ2) is 6.55. The van der Waals surface area contributed by atoms with Crippen LogP contribution >= 0.6 is 0 Å². The van der Waals surface area contributed by atoms with E-state index >= 15 is 0 Å². The fraction of sp³-hybridized carbons (Fsp3) is 0.0588. The molecule has 0 bridgehead atoms. The summed E-state index contributed by atoms with van der Waals surface area (Å²) in [5.74, 6) is 0.607. The minimum atomic E-state index is 0.583. The molecule has 1 amide bonds. The van der Waals surface area contributed by atoms with Crippen molar-refractivity contribution in [1.29, 1.82) is 0 Å². The maximum absolute atomic E-state index is 10.7. The highest BCUT2D eigenvalue weighted by atomic mass is 16.1. The van der Waals surface area contributed by atoms with Crippen LogP contribution in [-0.2, 0) is 4.79 Å². The Balaban J connectivity index is 1.79. The van der Waals surface area contributed by atoms with Crippen molar-refractivity contribution in [3.63, 3.8) is 0 Å². The zero-order chi connectivity index (χ0) is 17.9. The quantitative estimate of drug-likeness (QED) is 0.474. The number of aromatic nitrogens is 6. The molecule has 9 nitrogen and oxygen atoms in total. The molecule has 0 aromatic carbocycles. The Morgan fingerprint density at radius 2 is 2.08 bits per heavy atom. The summed E-state index contributed by atoms with van der Waals surface area (Å²) in [5.41, 5.74) is 4.88. The lowest BCUT2D eigenvalue weighted by atomic mass is 10.1. The summed E-state index contributed by atoms with van der Waals surface area (Å²) in [6.45, 7) is 1.87. The molecule has 0 unspecified atom stereocenters. The highest BCUT2D eigenvalue weighted by molar-refractivity contribution is 5.91. The lowest BCUT2D eigenvalue weighted by molar-refractivity contribution is -0.105. The van der Waals surface area contributed by atoms with Gasteiger partial charge in [-0.3, -0.25) is 9.78 Å². The molecule has 0 aliphatic rings. The molecule has 0 aliphatic heterocycles. The third-order valence-corrected chi connectivity index (χ3v) is 3.85. The fourth-order valence-corrected chi connectivity index (χ4v) is 2.60. The summed E-state index contributed by atoms with van der Waals surface area (Å²) in [5, 5.41) is 5.86. The van der Waals surface area contributed by atoms with Crippen LogP contribution in [-0.4, -0.2) is 36.3 Å². The minimum absolute atomic E-state index is 0.583. The minimum Gasteiger partial charge on any atom is -0.341 e. The standard InChI is InChI=1S/C17H14N8O/c1-10-13(5-11(6-19-10)24-9-26)25-16-12(3-2-4-18-16)14-15-17(22-7-20-14)23-8-21-15/h2-9H,1H3,(H,18,25)(H,24,26)(H,20,21,22,23). The van der Waals surface area contributed by atoms with Crippen molar-refractivity contribution in [2.75, 3.05) is 10.6 Å². The van der Waals surface area contributed by atoms with Crippen molar-refractivity contribution in [2.45, 2.75) is 6.92 Å². The van der Waals surface area contributed by atoms with E-state index in [1.54, 1.807) is 24.8 Å². The molecule has 0 atom stereocenters. The van der Waals surface area contributed by atoms with E-state index < -0.39 is 0 Å². The predicted octanol–water partition coefficient (Wildman–Crippen LogP) is 2.43. The van der Waals surface area contributed by atoms with Crippen molar-refractivity contribution in [1.82, 2.24) is 29.9 Å². The Morgan fingerprint density at radius 1 is 1.15 bits per heavy atom. The summed E-state index contributed by atoms with van der Waals surface area (Å²) in [7, 11) is 0. The van der Waals surface area contributed by atoms with Gasteiger partial charge in [0.05, 0.1) is 29.6 Å². The summed E-state index contributed by atoms with van der Waals surface area (Å²) in [6, 6.07) is 5.54. The summed E-state index contributed by atoms with van der Waals surface area (Å²) >= 11 is 0. The summed E-state index contributed by atoms with van der Waals surface area (Å²) in [4.78, 5) is 35.1. The molecule has 26 heavy (non-hydrogen) atoms. The zero-order valence-corrected chi connectivity index (χ0v) is 13.8. The number of hydrogen-bond acceptors (Lipinski definition) is 7. The molecule has 128 valence electrons. The van der Waals surface area contributed by atoms with Gasteiger partial charge in [0.1, 0.15) is 23.4 Å². The maximum atomic E-state index is 10.7. The van der Waals surface area contributed by atoms with Gasteiger partial charge in [-0.2, -0.15) is 0 Å². The largest absolute Gasteiger partial charge is 0.341 e. The first-order chi connectivity index (χ1) is 12.8. The van der Waals surface area contributed by atoms with E-state index in [1.165, 1.54) is 6.33 Å². The van der Waals surface area contributed by atoms with E-state index in [0.29, 0.717) is 29.3 Å². The second-order valence-corrected chi connectivity index (χ2v) is 5.47. The number of H-pyrrole nitrogens is 1. The van der Waals surface area contributed by atoms with Crippen LogP contribution in [0.25, 0.3) is 22.4 Å². The zero-order valence-electron chi connectivity index (χ0n) is 13.8. The van der Waals surface area contributed by atoms with Crippen molar-refractivity contribution >= 4 is 34.8 Å². The number of nitrogens with zero attached hydrogens (tertiary/aromatic N) is 5. The van der Waals surface area contributed by atoms with Crippen LogP contribution in [0.2, 0.25) is 0 Å². The molecule has 4 heterocycles. The Labute approximate surface area is 148 Å². The van der Waals surface area contributed by atoms with Crippen LogP contribution in [0.4, 0.5) is 17.2 Å². The number of hydrogen-bond donors (Lipinski definition) is 3. The molecule has 4 rings (SSSR count). The second-order valence-electron chi connectivity index (χ2n) is 5.47. The van der Waals surface area contributed by atoms with E-state index in [4.69, 9.17) is 0 Å². The first kappa shape index (κ1) is 15.6.